The largest absolute Gasteiger partial charge is 0.322 e. The van der Waals surface area contributed by atoms with Crippen LogP contribution in [-0.4, -0.2) is 10.9 Å². The van der Waals surface area contributed by atoms with Crippen LogP contribution in [0.5, 0.6) is 0 Å². The number of amides is 1. The summed E-state index contributed by atoms with van der Waals surface area (Å²) in [7, 11) is 0. The lowest BCUT2D eigenvalue weighted by molar-refractivity contribution is 0.101. The Morgan fingerprint density at radius 3 is 2.08 bits per heavy atom. The predicted octanol–water partition coefficient (Wildman–Crippen LogP) is 4.20. The van der Waals surface area contributed by atoms with Crippen LogP contribution in [0.25, 0.3) is 0 Å². The molecule has 3 aromatic rings. The van der Waals surface area contributed by atoms with Gasteiger partial charge >= 0.3 is 0 Å². The van der Waals surface area contributed by atoms with Crippen molar-refractivity contribution in [2.45, 2.75) is 6.42 Å². The van der Waals surface area contributed by atoms with Gasteiger partial charge in [-0.2, -0.15) is 0 Å². The fourth-order valence-corrected chi connectivity index (χ4v) is 2.35. The Morgan fingerprint density at radius 1 is 0.875 bits per heavy atom. The molecule has 5 heteroatoms. The quantitative estimate of drug-likeness (QED) is 0.781. The number of aromatic nitrogens is 1. The molecule has 0 fully saturated rings. The first-order valence-corrected chi connectivity index (χ1v) is 7.36. The van der Waals surface area contributed by atoms with Crippen LogP contribution in [0, 0.1) is 11.6 Å². The number of rotatable bonds is 4. The number of nitrogens with zero attached hydrogens (tertiary/aromatic N) is 1. The Balaban J connectivity index is 1.71. The molecule has 0 saturated carbocycles. The molecule has 3 rings (SSSR count). The van der Waals surface area contributed by atoms with Gasteiger partial charge in [-0.05, 0) is 53.9 Å². The highest BCUT2D eigenvalue weighted by atomic mass is 19.1. The molecule has 1 heterocycles. The molecule has 24 heavy (non-hydrogen) atoms. The van der Waals surface area contributed by atoms with Crippen molar-refractivity contribution in [2.75, 3.05) is 5.32 Å². The van der Waals surface area contributed by atoms with Gasteiger partial charge in [0.25, 0.3) is 5.91 Å². The highest BCUT2D eigenvalue weighted by Crippen LogP contribution is 2.17. The van der Waals surface area contributed by atoms with E-state index in [2.05, 4.69) is 10.3 Å². The summed E-state index contributed by atoms with van der Waals surface area (Å²) in [5.41, 5.74) is 2.06. The number of pyridine rings is 1. The molecule has 1 amide bonds. The van der Waals surface area contributed by atoms with Gasteiger partial charge in [0.15, 0.2) is 0 Å². The number of benzene rings is 2. The molecule has 0 bridgehead atoms. The Labute approximate surface area is 138 Å². The van der Waals surface area contributed by atoms with Crippen molar-refractivity contribution >= 4 is 11.6 Å². The van der Waals surface area contributed by atoms with E-state index in [0.717, 1.165) is 29.7 Å². The zero-order chi connectivity index (χ0) is 16.9. The van der Waals surface area contributed by atoms with Crippen LogP contribution >= 0.6 is 0 Å². The van der Waals surface area contributed by atoms with E-state index >= 15 is 0 Å². The van der Waals surface area contributed by atoms with E-state index in [-0.39, 0.29) is 0 Å². The predicted molar refractivity (Wildman–Crippen MR) is 87.8 cm³/mol. The maximum Gasteiger partial charge on any atom is 0.261 e. The van der Waals surface area contributed by atoms with E-state index < -0.39 is 23.1 Å². The molecular weight excluding hydrogens is 310 g/mol. The minimum Gasteiger partial charge on any atom is -0.322 e. The van der Waals surface area contributed by atoms with Crippen LogP contribution in [0.2, 0.25) is 0 Å². The summed E-state index contributed by atoms with van der Waals surface area (Å²) in [5.74, 6) is -2.59. The van der Waals surface area contributed by atoms with Crippen LogP contribution in [0.4, 0.5) is 14.5 Å². The van der Waals surface area contributed by atoms with E-state index in [1.807, 2.05) is 24.3 Å². The van der Waals surface area contributed by atoms with Gasteiger partial charge in [-0.1, -0.05) is 18.2 Å². The fourth-order valence-electron chi connectivity index (χ4n) is 2.35. The molecule has 0 saturated heterocycles. The normalized spacial score (nSPS) is 10.4. The molecule has 1 aromatic heterocycles. The summed E-state index contributed by atoms with van der Waals surface area (Å²) in [5, 5.41) is 2.50. The van der Waals surface area contributed by atoms with Gasteiger partial charge in [0, 0.05) is 18.1 Å². The van der Waals surface area contributed by atoms with Crippen molar-refractivity contribution in [2.24, 2.45) is 0 Å². The number of hydrogen-bond acceptors (Lipinski definition) is 2. The second kappa shape index (κ2) is 7.00. The molecule has 1 N–H and O–H groups in total. The zero-order valence-corrected chi connectivity index (χ0v) is 12.7. The summed E-state index contributed by atoms with van der Waals surface area (Å²) in [6.07, 6.45) is 4.19. The van der Waals surface area contributed by atoms with Crippen LogP contribution in [-0.2, 0) is 6.42 Å². The molecule has 0 aliphatic heterocycles. The topological polar surface area (TPSA) is 42.0 Å². The molecule has 0 spiro atoms. The number of carbonyl (C=O) groups is 1. The SMILES string of the molecule is O=C(Nc1ccc(Cc2ccncc2)cc1)c1c(F)cccc1F. The second-order valence-corrected chi connectivity index (χ2v) is 5.28. The first kappa shape index (κ1) is 15.8. The fraction of sp³-hybridized carbons (Fsp3) is 0.0526. The second-order valence-electron chi connectivity index (χ2n) is 5.28. The third-order valence-electron chi connectivity index (χ3n) is 3.56. The van der Waals surface area contributed by atoms with Crippen molar-refractivity contribution in [3.8, 4) is 0 Å². The molecule has 0 aliphatic rings. The van der Waals surface area contributed by atoms with Gasteiger partial charge in [-0.3, -0.25) is 9.78 Å². The van der Waals surface area contributed by atoms with Crippen LogP contribution < -0.4 is 5.32 Å². The molecule has 0 unspecified atom stereocenters. The van der Waals surface area contributed by atoms with E-state index in [0.29, 0.717) is 5.69 Å². The lowest BCUT2D eigenvalue weighted by Crippen LogP contribution is -2.15. The molecule has 120 valence electrons. The average Bonchev–Trinajstić information content (AvgIpc) is 2.57. The van der Waals surface area contributed by atoms with Crippen LogP contribution in [0.1, 0.15) is 21.5 Å². The minimum atomic E-state index is -0.887. The van der Waals surface area contributed by atoms with Gasteiger partial charge < -0.3 is 5.32 Å². The Kier molecular flexibility index (Phi) is 4.61. The highest BCUT2D eigenvalue weighted by Gasteiger charge is 2.16. The van der Waals surface area contributed by atoms with Crippen LogP contribution in [0.3, 0.4) is 0 Å². The number of anilines is 1. The van der Waals surface area contributed by atoms with Gasteiger partial charge in [-0.25, -0.2) is 8.78 Å². The van der Waals surface area contributed by atoms with Crippen LogP contribution in [0.15, 0.2) is 67.0 Å². The Morgan fingerprint density at radius 2 is 1.46 bits per heavy atom. The summed E-state index contributed by atoms with van der Waals surface area (Å²) in [6.45, 7) is 0. The zero-order valence-electron chi connectivity index (χ0n) is 12.7. The first-order chi connectivity index (χ1) is 11.6. The monoisotopic (exact) mass is 324 g/mol. The van der Waals surface area contributed by atoms with Gasteiger partial charge in [0.05, 0.1) is 0 Å². The number of carbonyl (C=O) groups excluding carboxylic acids is 1. The smallest absolute Gasteiger partial charge is 0.261 e. The third-order valence-corrected chi connectivity index (χ3v) is 3.56. The lowest BCUT2D eigenvalue weighted by Gasteiger charge is -2.08. The summed E-state index contributed by atoms with van der Waals surface area (Å²) >= 11 is 0. The van der Waals surface area contributed by atoms with E-state index in [9.17, 15) is 13.6 Å². The Hall–Kier alpha value is -3.08. The summed E-state index contributed by atoms with van der Waals surface area (Å²) in [6, 6.07) is 14.3. The maximum absolute atomic E-state index is 13.6. The van der Waals surface area contributed by atoms with E-state index in [4.69, 9.17) is 0 Å². The van der Waals surface area contributed by atoms with Gasteiger partial charge in [0.1, 0.15) is 17.2 Å². The number of nitrogens with one attached hydrogen (secondary N) is 1. The maximum atomic E-state index is 13.6. The highest BCUT2D eigenvalue weighted by molar-refractivity contribution is 6.04. The first-order valence-electron chi connectivity index (χ1n) is 7.36. The molecule has 0 aliphatic carbocycles. The Bertz CT molecular complexity index is 829. The summed E-state index contributed by atoms with van der Waals surface area (Å²) < 4.78 is 27.2. The van der Waals surface area contributed by atoms with E-state index in [1.54, 1.807) is 24.5 Å². The standard InChI is InChI=1S/C19H14F2N2O/c20-16-2-1-3-17(21)18(16)19(24)23-15-6-4-13(5-7-15)12-14-8-10-22-11-9-14/h1-11H,12H2,(H,23,24). The van der Waals surface area contributed by atoms with Gasteiger partial charge in [0.2, 0.25) is 0 Å². The van der Waals surface area contributed by atoms with Crippen molar-refractivity contribution in [3.05, 3.63) is 95.3 Å². The minimum absolute atomic E-state index is 0.473. The van der Waals surface area contributed by atoms with Crippen molar-refractivity contribution < 1.29 is 13.6 Å². The molecule has 0 atom stereocenters. The number of halogens is 2. The molecule has 0 radical (unpaired) electrons. The average molecular weight is 324 g/mol. The van der Waals surface area contributed by atoms with Crippen molar-refractivity contribution in [1.82, 2.24) is 4.98 Å². The van der Waals surface area contributed by atoms with Crippen molar-refractivity contribution in [1.29, 1.82) is 0 Å². The molecular formula is C19H14F2N2O. The summed E-state index contributed by atoms with van der Waals surface area (Å²) in [4.78, 5) is 16.0. The van der Waals surface area contributed by atoms with Crippen molar-refractivity contribution in [3.63, 3.8) is 0 Å². The molecule has 3 nitrogen and oxygen atoms in total. The third kappa shape index (κ3) is 3.63. The molecule has 2 aromatic carbocycles. The van der Waals surface area contributed by atoms with E-state index in [1.165, 1.54) is 6.07 Å². The van der Waals surface area contributed by atoms with Gasteiger partial charge in [-0.15, -0.1) is 0 Å². The lowest BCUT2D eigenvalue weighted by atomic mass is 10.1. The number of hydrogen-bond donors (Lipinski definition) is 1.